The average Bonchev–Trinajstić information content (AvgIpc) is 3.88. The summed E-state index contributed by atoms with van der Waals surface area (Å²) in [5.41, 5.74) is 0.0371. The van der Waals surface area contributed by atoms with Gasteiger partial charge in [-0.2, -0.15) is 0 Å². The molecule has 3 aromatic rings. The number of anilines is 1. The molecule has 1 aliphatic carbocycles. The number of amides is 2. The molecule has 6 aliphatic rings. The Morgan fingerprint density at radius 2 is 1.78 bits per heavy atom. The fourth-order valence-corrected chi connectivity index (χ4v) is 13.1. The molecule has 0 radical (unpaired) electrons. The highest BCUT2D eigenvalue weighted by molar-refractivity contribution is 5.98. The van der Waals surface area contributed by atoms with Crippen molar-refractivity contribution in [3.05, 3.63) is 76.5 Å². The Balaban J connectivity index is 0.000000915. The Morgan fingerprint density at radius 1 is 1.03 bits per heavy atom. The SMILES string of the molecule is CC[C@]1(O)CC2CN(CCc3c([nH]c4ccccc34)[C@@](C(C)=O)(c3cc4c(cc3C)N(C=O)[C@H]3[C@@](O)(C(C)=O)[C@H](O)[C@]5(CC)C=CCN6CC[C@]43[C@@H]65)C2)C1.[3H]C(=O)NC. The third-order valence-electron chi connectivity index (χ3n) is 15.5. The fraction of sp³-hybridized carbons (Fsp3) is 0.565. The second kappa shape index (κ2) is 14.2. The number of piperidine rings is 1. The molecule has 2 amide bonds. The number of Topliss-reactive ketones (excluding diaryl/α,β-unsaturated/α-hetero) is 2. The molecule has 2 unspecified atom stereocenters. The molecule has 12 nitrogen and oxygen atoms in total. The van der Waals surface area contributed by atoms with E-state index in [1.807, 2.05) is 51.1 Å². The normalized spacial score (nSPS) is 37.4. The molecule has 3 fully saturated rings. The molecule has 5 N–H and O–H groups in total. The summed E-state index contributed by atoms with van der Waals surface area (Å²) in [7, 11) is 1.41. The number of nitrogens with one attached hydrogen (secondary N) is 2. The Morgan fingerprint density at radius 3 is 2.43 bits per heavy atom. The summed E-state index contributed by atoms with van der Waals surface area (Å²) in [5.74, 6) is -0.544. The molecule has 2 saturated heterocycles. The summed E-state index contributed by atoms with van der Waals surface area (Å²) in [5, 5.41) is 40.1. The van der Waals surface area contributed by atoms with Gasteiger partial charge < -0.3 is 30.5 Å². The first-order valence-corrected chi connectivity index (χ1v) is 21.0. The molecule has 10 atom stereocenters. The summed E-state index contributed by atoms with van der Waals surface area (Å²) < 4.78 is 6.08. The van der Waals surface area contributed by atoms with E-state index in [1.165, 1.54) is 18.9 Å². The summed E-state index contributed by atoms with van der Waals surface area (Å²) in [6, 6.07) is 11.1. The molecular formula is C46H59N5O7. The monoisotopic (exact) mass is 795 g/mol. The molecule has 1 saturated carbocycles. The van der Waals surface area contributed by atoms with E-state index < -0.39 is 51.8 Å². The highest BCUT2D eigenvalue weighted by Crippen LogP contribution is 2.67. The number of aliphatic hydroxyl groups is 3. The maximum absolute atomic E-state index is 15.0. The number of carbonyl (C=O) groups excluding carboxylic acids is 4. The topological polar surface area (TPSA) is 167 Å². The zero-order chi connectivity index (χ0) is 42.4. The van der Waals surface area contributed by atoms with E-state index in [1.54, 1.807) is 6.92 Å². The maximum Gasteiger partial charge on any atom is 0.214 e. The van der Waals surface area contributed by atoms with E-state index >= 15 is 4.79 Å². The lowest BCUT2D eigenvalue weighted by Gasteiger charge is -2.63. The first kappa shape index (κ1) is 39.3. The molecule has 6 heterocycles. The van der Waals surface area contributed by atoms with E-state index in [2.05, 4.69) is 38.3 Å². The number of hydrogen-bond donors (Lipinski definition) is 5. The van der Waals surface area contributed by atoms with Crippen molar-refractivity contribution in [1.29, 1.82) is 0 Å². The van der Waals surface area contributed by atoms with Crippen LogP contribution in [-0.4, -0.2) is 124 Å². The van der Waals surface area contributed by atoms with Gasteiger partial charge in [-0.25, -0.2) is 0 Å². The minimum Gasteiger partial charge on any atom is -0.389 e. The number of para-hydroxylation sites is 1. The van der Waals surface area contributed by atoms with Crippen LogP contribution in [0.5, 0.6) is 0 Å². The van der Waals surface area contributed by atoms with Crippen molar-refractivity contribution in [3.63, 3.8) is 0 Å². The Hall–Kier alpha value is -4.20. The van der Waals surface area contributed by atoms with Crippen LogP contribution in [0.1, 0.15) is 89.1 Å². The zero-order valence-electron chi connectivity index (χ0n) is 35.6. The second-order valence-electron chi connectivity index (χ2n) is 18.1. The summed E-state index contributed by atoms with van der Waals surface area (Å²) in [4.78, 5) is 61.7. The molecule has 1 spiro atoms. The van der Waals surface area contributed by atoms with Crippen LogP contribution >= 0.6 is 0 Å². The van der Waals surface area contributed by atoms with Crippen LogP contribution in [0, 0.1) is 18.3 Å². The number of hydrogen-bond acceptors (Lipinski definition) is 9. The third-order valence-corrected chi connectivity index (χ3v) is 15.5. The van der Waals surface area contributed by atoms with Gasteiger partial charge in [0.2, 0.25) is 12.8 Å². The first-order valence-electron chi connectivity index (χ1n) is 21.5. The second-order valence-corrected chi connectivity index (χ2v) is 18.1. The van der Waals surface area contributed by atoms with Crippen molar-refractivity contribution in [1.82, 2.24) is 20.1 Å². The standard InChI is InChI=1S/C44H54N4O6.C2H5NO/c1-6-40(53)21-29-22-43(27(4)50,36-31(13-17-46(23-29)24-40)30-11-8-9-12-34(30)45-36)32-20-33-35(19-26(32)3)48(25-49)38-42(33)15-18-47-16-10-14-41(7-2,37(42)47)39(52)44(38,54)28(5)51;1-3-2-4/h8-12,14,19-20,25,29,37-39,45,52-54H,6-7,13,15-18,21-24H2,1-5H3;2H,1H3,(H,3,4)/t29?,37-,38+,39+,40-,41+,42+,43-,44-;/m0./s1/i;2T. The number of aromatic amines is 1. The zero-order valence-corrected chi connectivity index (χ0v) is 34.6. The number of aromatic nitrogens is 1. The van der Waals surface area contributed by atoms with Gasteiger partial charge in [0.1, 0.15) is 13.3 Å². The first-order chi connectivity index (χ1) is 28.0. The number of rotatable bonds is 6. The number of H-pyrrole nitrogens is 1. The molecule has 5 aliphatic heterocycles. The lowest BCUT2D eigenvalue weighted by Crippen LogP contribution is -2.80. The van der Waals surface area contributed by atoms with E-state index in [4.69, 9.17) is 1.37 Å². The Labute approximate surface area is 342 Å². The molecule has 310 valence electrons. The molecule has 1 aromatic heterocycles. The van der Waals surface area contributed by atoms with Crippen LogP contribution in [0.3, 0.4) is 0 Å². The van der Waals surface area contributed by atoms with Crippen molar-refractivity contribution in [3.8, 4) is 0 Å². The minimum atomic E-state index is -2.24. The quantitative estimate of drug-likeness (QED) is 0.186. The molecular weight excluding hydrogens is 735 g/mol. The van der Waals surface area contributed by atoms with Gasteiger partial charge >= 0.3 is 0 Å². The van der Waals surface area contributed by atoms with E-state index in [9.17, 15) is 29.7 Å². The van der Waals surface area contributed by atoms with Gasteiger partial charge in [0.15, 0.2) is 11.4 Å². The molecule has 58 heavy (non-hydrogen) atoms. The number of aryl methyl sites for hydroxylation is 1. The van der Waals surface area contributed by atoms with Crippen molar-refractivity contribution in [2.75, 3.05) is 44.7 Å². The number of fused-ring (bicyclic) bond motifs is 6. The predicted octanol–water partition coefficient (Wildman–Crippen LogP) is 3.44. The Bertz CT molecular complexity index is 2260. The van der Waals surface area contributed by atoms with E-state index in [-0.39, 0.29) is 17.7 Å². The minimum absolute atomic E-state index is 0.00701. The Kier molecular flexibility index (Phi) is 9.63. The van der Waals surface area contributed by atoms with Crippen molar-refractivity contribution in [2.24, 2.45) is 11.3 Å². The third kappa shape index (κ3) is 5.30. The summed E-state index contributed by atoms with van der Waals surface area (Å²) in [6.07, 6.45) is 6.06. The van der Waals surface area contributed by atoms with Gasteiger partial charge in [0.05, 0.1) is 17.1 Å². The van der Waals surface area contributed by atoms with E-state index in [0.29, 0.717) is 63.8 Å². The van der Waals surface area contributed by atoms with Crippen LogP contribution in [0.15, 0.2) is 48.6 Å². The van der Waals surface area contributed by atoms with Gasteiger partial charge in [0.25, 0.3) is 0 Å². The van der Waals surface area contributed by atoms with Crippen LogP contribution in [0.4, 0.5) is 5.69 Å². The highest BCUT2D eigenvalue weighted by atomic mass is 16.4. The lowest BCUT2D eigenvalue weighted by molar-refractivity contribution is -0.200. The number of carbonyl (C=O) groups is 4. The fourth-order valence-electron chi connectivity index (χ4n) is 13.1. The van der Waals surface area contributed by atoms with Crippen LogP contribution in [0.2, 0.25) is 0 Å². The molecule has 9 rings (SSSR count). The summed E-state index contributed by atoms with van der Waals surface area (Å²) >= 11 is 0. The smallest absolute Gasteiger partial charge is 0.214 e. The van der Waals surface area contributed by atoms with Gasteiger partial charge in [-0.3, -0.25) is 29.0 Å². The van der Waals surface area contributed by atoms with E-state index in [0.717, 1.165) is 58.4 Å². The van der Waals surface area contributed by atoms with Gasteiger partial charge in [0, 0.05) is 72.4 Å². The highest BCUT2D eigenvalue weighted by Gasteiger charge is 2.78. The largest absolute Gasteiger partial charge is 0.389 e. The number of aliphatic hydroxyl groups excluding tert-OH is 1. The molecule has 12 heteroatoms. The predicted molar refractivity (Wildman–Crippen MR) is 222 cm³/mol. The average molecular weight is 796 g/mol. The maximum atomic E-state index is 15.0. The van der Waals surface area contributed by atoms with Crippen molar-refractivity contribution in [2.45, 2.75) is 113 Å². The van der Waals surface area contributed by atoms with Crippen LogP contribution in [-0.2, 0) is 36.4 Å². The summed E-state index contributed by atoms with van der Waals surface area (Å²) in [6.45, 7) is 12.5. The number of benzene rings is 2. The van der Waals surface area contributed by atoms with Gasteiger partial charge in [-0.05, 0) is 106 Å². The molecule has 2 bridgehead atoms. The van der Waals surface area contributed by atoms with Crippen LogP contribution in [0.25, 0.3) is 10.9 Å². The van der Waals surface area contributed by atoms with Crippen molar-refractivity contribution >= 4 is 41.0 Å². The molecule has 2 aromatic carbocycles. The van der Waals surface area contributed by atoms with Crippen LogP contribution < -0.4 is 10.2 Å². The number of ketones is 2. The van der Waals surface area contributed by atoms with Gasteiger partial charge in [-0.15, -0.1) is 0 Å². The van der Waals surface area contributed by atoms with Gasteiger partial charge in [-0.1, -0.05) is 50.3 Å². The van der Waals surface area contributed by atoms with Crippen molar-refractivity contribution < 1.29 is 35.9 Å². The number of nitrogens with zero attached hydrogens (tertiary/aromatic N) is 3. The lowest BCUT2D eigenvalue weighted by atomic mass is 9.47.